The molecule has 0 spiro atoms. The van der Waals surface area contributed by atoms with Gasteiger partial charge in [-0.25, -0.2) is 9.97 Å². The summed E-state index contributed by atoms with van der Waals surface area (Å²) in [6, 6.07) is 38.3. The zero-order valence-corrected chi connectivity index (χ0v) is 27.2. The van der Waals surface area contributed by atoms with Crippen molar-refractivity contribution in [3.8, 4) is 34.3 Å². The third-order valence-electron chi connectivity index (χ3n) is 9.32. The number of imidazole rings is 1. The van der Waals surface area contributed by atoms with Gasteiger partial charge in [0.25, 0.3) is 0 Å². The lowest BCUT2D eigenvalue weighted by molar-refractivity contribution is 0.654. The van der Waals surface area contributed by atoms with E-state index in [1.54, 1.807) is 6.07 Å². The molecule has 0 amide bonds. The predicted octanol–water partition coefficient (Wildman–Crippen LogP) is 11.2. The number of nitrogens with zero attached hydrogens (tertiary/aromatic N) is 4. The molecule has 8 aromatic rings. The van der Waals surface area contributed by atoms with Crippen LogP contribution in [0.1, 0.15) is 61.9 Å². The van der Waals surface area contributed by atoms with Crippen molar-refractivity contribution >= 4 is 43.9 Å². The Balaban J connectivity index is 1.46. The Bertz CT molecular complexity index is 2530. The number of aromatic nitrogens is 3. The van der Waals surface area contributed by atoms with Crippen molar-refractivity contribution in [2.45, 2.75) is 46.5 Å². The molecule has 0 fully saturated rings. The van der Waals surface area contributed by atoms with Gasteiger partial charge in [-0.05, 0) is 99.8 Å². The van der Waals surface area contributed by atoms with E-state index in [1.165, 1.54) is 38.7 Å². The maximum Gasteiger partial charge on any atom is 0.228 e. The molecule has 0 saturated heterocycles. The van der Waals surface area contributed by atoms with E-state index in [0.717, 1.165) is 38.8 Å². The molecular weight excluding hydrogens is 576 g/mol. The average molecular weight is 611 g/mol. The number of furan rings is 1. The second-order valence-electron chi connectivity index (χ2n) is 13.0. The van der Waals surface area contributed by atoms with Crippen LogP contribution in [0.25, 0.3) is 72.1 Å². The molecule has 5 nitrogen and oxygen atoms in total. The Morgan fingerprint density at radius 2 is 1.45 bits per heavy atom. The Hall–Kier alpha value is -5.73. The molecule has 0 radical (unpaired) electrons. The number of aryl methyl sites for hydroxylation is 1. The number of hydrogen-bond donors (Lipinski definition) is 0. The molecule has 8 rings (SSSR count). The van der Waals surface area contributed by atoms with Crippen LogP contribution in [0, 0.1) is 18.3 Å². The molecule has 0 atom stereocenters. The summed E-state index contributed by atoms with van der Waals surface area (Å²) < 4.78 is 8.82. The van der Waals surface area contributed by atoms with Crippen molar-refractivity contribution in [3.63, 3.8) is 0 Å². The lowest BCUT2D eigenvalue weighted by Gasteiger charge is -2.25. The van der Waals surface area contributed by atoms with Crippen molar-refractivity contribution in [1.82, 2.24) is 14.5 Å². The predicted molar refractivity (Wildman–Crippen MR) is 192 cm³/mol. The first-order valence-electron chi connectivity index (χ1n) is 16.2. The summed E-state index contributed by atoms with van der Waals surface area (Å²) in [5.41, 5.74) is 11.7. The number of rotatable bonds is 5. The average Bonchev–Trinajstić information content (AvgIpc) is 3.66. The number of pyridine rings is 1. The minimum absolute atomic E-state index is 0.243. The van der Waals surface area contributed by atoms with Crippen molar-refractivity contribution < 1.29 is 4.42 Å². The fraction of sp³-hybridized carbons (Fsp3) is 0.167. The van der Waals surface area contributed by atoms with Gasteiger partial charge in [0.1, 0.15) is 23.2 Å². The van der Waals surface area contributed by atoms with Gasteiger partial charge in [-0.3, -0.25) is 4.57 Å². The molecule has 5 heteroatoms. The minimum atomic E-state index is 0.243. The molecule has 47 heavy (non-hydrogen) atoms. The first-order chi connectivity index (χ1) is 22.8. The molecule has 228 valence electrons. The molecule has 3 heterocycles. The smallest absolute Gasteiger partial charge is 0.228 e. The van der Waals surface area contributed by atoms with Crippen molar-refractivity contribution in [3.05, 3.63) is 126 Å². The maximum atomic E-state index is 9.49. The number of para-hydroxylation sites is 2. The fourth-order valence-electron chi connectivity index (χ4n) is 6.96. The minimum Gasteiger partial charge on any atom is -0.437 e. The quantitative estimate of drug-likeness (QED) is 0.194. The van der Waals surface area contributed by atoms with Gasteiger partial charge in [0.2, 0.25) is 5.71 Å². The molecule has 5 aromatic carbocycles. The number of hydrogen-bond acceptors (Lipinski definition) is 4. The van der Waals surface area contributed by atoms with Crippen LogP contribution in [-0.2, 0) is 0 Å². The fourth-order valence-corrected chi connectivity index (χ4v) is 6.96. The summed E-state index contributed by atoms with van der Waals surface area (Å²) in [5, 5.41) is 13.8. The molecule has 0 saturated carbocycles. The topological polar surface area (TPSA) is 67.6 Å². The highest BCUT2D eigenvalue weighted by Gasteiger charge is 2.26. The summed E-state index contributed by atoms with van der Waals surface area (Å²) in [6.07, 6.45) is 0. The van der Waals surface area contributed by atoms with Gasteiger partial charge in [0.15, 0.2) is 0 Å². The summed E-state index contributed by atoms with van der Waals surface area (Å²) in [4.78, 5) is 9.80. The lowest BCUT2D eigenvalue weighted by Crippen LogP contribution is -2.10. The Kier molecular flexibility index (Phi) is 6.70. The van der Waals surface area contributed by atoms with E-state index in [0.29, 0.717) is 17.0 Å². The van der Waals surface area contributed by atoms with Crippen molar-refractivity contribution in [2.75, 3.05) is 0 Å². The van der Waals surface area contributed by atoms with Crippen LogP contribution in [0.3, 0.4) is 0 Å². The van der Waals surface area contributed by atoms with Crippen LogP contribution in [0.4, 0.5) is 0 Å². The number of benzene rings is 5. The van der Waals surface area contributed by atoms with Gasteiger partial charge >= 0.3 is 0 Å². The third kappa shape index (κ3) is 4.60. The van der Waals surface area contributed by atoms with Gasteiger partial charge in [-0.15, -0.1) is 0 Å². The van der Waals surface area contributed by atoms with E-state index in [1.807, 2.05) is 12.1 Å². The van der Waals surface area contributed by atoms with Gasteiger partial charge < -0.3 is 4.42 Å². The first kappa shape index (κ1) is 28.7. The summed E-state index contributed by atoms with van der Waals surface area (Å²) >= 11 is 0. The van der Waals surface area contributed by atoms with Crippen LogP contribution >= 0.6 is 0 Å². The normalized spacial score (nSPS) is 11.9. The summed E-state index contributed by atoms with van der Waals surface area (Å²) in [7, 11) is 0. The zero-order valence-electron chi connectivity index (χ0n) is 27.2. The lowest BCUT2D eigenvalue weighted by atomic mass is 9.87. The molecule has 3 aromatic heterocycles. The van der Waals surface area contributed by atoms with Crippen LogP contribution < -0.4 is 0 Å². The second kappa shape index (κ2) is 11.0. The van der Waals surface area contributed by atoms with E-state index >= 15 is 0 Å². The largest absolute Gasteiger partial charge is 0.437 e. The summed E-state index contributed by atoms with van der Waals surface area (Å²) in [6.45, 7) is 11.3. The highest BCUT2D eigenvalue weighted by molar-refractivity contribution is 6.08. The van der Waals surface area contributed by atoms with Crippen LogP contribution in [-0.4, -0.2) is 14.5 Å². The van der Waals surface area contributed by atoms with Crippen molar-refractivity contribution in [1.29, 1.82) is 5.26 Å². The van der Waals surface area contributed by atoms with Crippen LogP contribution in [0.2, 0.25) is 0 Å². The number of nitriles is 1. The number of fused-ring (bicyclic) bond motifs is 5. The highest BCUT2D eigenvalue weighted by atomic mass is 16.3. The van der Waals surface area contributed by atoms with E-state index in [4.69, 9.17) is 9.40 Å². The van der Waals surface area contributed by atoms with E-state index in [-0.39, 0.29) is 11.8 Å². The zero-order chi connectivity index (χ0) is 32.4. The summed E-state index contributed by atoms with van der Waals surface area (Å²) in [5.74, 6) is 1.31. The van der Waals surface area contributed by atoms with Crippen LogP contribution in [0.5, 0.6) is 0 Å². The van der Waals surface area contributed by atoms with Gasteiger partial charge in [0.05, 0.1) is 22.3 Å². The Morgan fingerprint density at radius 3 is 2.19 bits per heavy atom. The highest BCUT2D eigenvalue weighted by Crippen LogP contribution is 2.43. The molecule has 0 unspecified atom stereocenters. The van der Waals surface area contributed by atoms with Crippen molar-refractivity contribution in [2.24, 2.45) is 0 Å². The molecule has 0 N–H and O–H groups in total. The SMILES string of the molecule is Cc1cccc2nc(-c3cccc4c3oc3nc(C#N)ccc34)n(-c3c(C(C)C)cc(-c4ccc5ccccc5c4)cc3C(C)C)c12. The second-order valence-corrected chi connectivity index (χ2v) is 13.0. The van der Waals surface area contributed by atoms with Gasteiger partial charge in [-0.1, -0.05) is 88.4 Å². The monoisotopic (exact) mass is 610 g/mol. The van der Waals surface area contributed by atoms with E-state index in [9.17, 15) is 5.26 Å². The Labute approximate surface area is 273 Å². The molecule has 0 aliphatic carbocycles. The third-order valence-corrected chi connectivity index (χ3v) is 9.32. The standard InChI is InChI=1S/C42H34N4O/c1-24(2)35-21-30(29-17-16-27-11-6-7-12-28(27)20-29)22-36(25(3)4)39(35)46-38-26(5)10-8-15-37(38)45-41(46)34-14-9-13-32-33-19-18-31(23-43)44-42(33)47-40(32)34/h6-22,24-25H,1-5H3. The van der Waals surface area contributed by atoms with Gasteiger partial charge in [-0.2, -0.15) is 5.26 Å². The first-order valence-corrected chi connectivity index (χ1v) is 16.2. The molecular formula is C42H34N4O. The molecule has 0 bridgehead atoms. The molecule has 0 aliphatic heterocycles. The van der Waals surface area contributed by atoms with Crippen LogP contribution in [0.15, 0.2) is 108 Å². The Morgan fingerprint density at radius 1 is 0.702 bits per heavy atom. The molecule has 0 aliphatic rings. The van der Waals surface area contributed by atoms with E-state index < -0.39 is 0 Å². The maximum absolute atomic E-state index is 9.49. The van der Waals surface area contributed by atoms with E-state index in [2.05, 4.69) is 135 Å². The van der Waals surface area contributed by atoms with Gasteiger partial charge in [0, 0.05) is 10.8 Å².